The molecule has 2 atom stereocenters. The summed E-state index contributed by atoms with van der Waals surface area (Å²) in [5.41, 5.74) is 0.863. The van der Waals surface area contributed by atoms with Gasteiger partial charge < -0.3 is 19.9 Å². The molecule has 2 aromatic rings. The second-order valence-electron chi connectivity index (χ2n) is 5.57. The average Bonchev–Trinajstić information content (AvgIpc) is 2.64. The van der Waals surface area contributed by atoms with Gasteiger partial charge >= 0.3 is 5.69 Å². The Bertz CT molecular complexity index is 693. The van der Waals surface area contributed by atoms with E-state index in [0.717, 1.165) is 5.56 Å². The van der Waals surface area contributed by atoms with Gasteiger partial charge in [0, 0.05) is 12.6 Å². The molecule has 7 heteroatoms. The van der Waals surface area contributed by atoms with E-state index in [1.807, 2.05) is 37.3 Å². The standard InChI is InChI=1S/C18H22N2O5/c1-13(14-7-4-3-5-8-14)19-11-15(21)12-25-17-10-6-9-16(24-2)18(17)20(22)23/h3-10,13,15,19,21H,11-12H2,1-2H3/t13-,15?/m1/s1. The number of rotatable bonds is 9. The molecule has 0 saturated heterocycles. The number of hydrogen-bond acceptors (Lipinski definition) is 6. The molecule has 2 aromatic carbocycles. The lowest BCUT2D eigenvalue weighted by molar-refractivity contribution is -0.386. The number of nitrogens with zero attached hydrogens (tertiary/aromatic N) is 1. The monoisotopic (exact) mass is 346 g/mol. The highest BCUT2D eigenvalue weighted by molar-refractivity contribution is 5.57. The quantitative estimate of drug-likeness (QED) is 0.535. The highest BCUT2D eigenvalue weighted by Gasteiger charge is 2.22. The van der Waals surface area contributed by atoms with Gasteiger partial charge in [-0.05, 0) is 24.6 Å². The van der Waals surface area contributed by atoms with Crippen molar-refractivity contribution in [3.8, 4) is 11.5 Å². The van der Waals surface area contributed by atoms with E-state index in [1.165, 1.54) is 19.2 Å². The summed E-state index contributed by atoms with van der Waals surface area (Å²) >= 11 is 0. The largest absolute Gasteiger partial charge is 0.490 e. The summed E-state index contributed by atoms with van der Waals surface area (Å²) in [5, 5.41) is 24.5. The molecule has 0 aliphatic heterocycles. The van der Waals surface area contributed by atoms with E-state index in [0.29, 0.717) is 6.54 Å². The van der Waals surface area contributed by atoms with Crippen LogP contribution in [0.4, 0.5) is 5.69 Å². The molecule has 0 spiro atoms. The van der Waals surface area contributed by atoms with Crippen molar-refractivity contribution in [1.29, 1.82) is 0 Å². The first-order chi connectivity index (χ1) is 12.0. The zero-order valence-corrected chi connectivity index (χ0v) is 14.2. The van der Waals surface area contributed by atoms with E-state index in [1.54, 1.807) is 6.07 Å². The number of methoxy groups -OCH3 is 1. The normalized spacial score (nSPS) is 13.1. The maximum atomic E-state index is 11.2. The maximum absolute atomic E-state index is 11.2. The van der Waals surface area contributed by atoms with Crippen molar-refractivity contribution in [1.82, 2.24) is 5.32 Å². The number of para-hydroxylation sites is 1. The van der Waals surface area contributed by atoms with Gasteiger partial charge in [-0.2, -0.15) is 0 Å². The van der Waals surface area contributed by atoms with Crippen LogP contribution in [0, 0.1) is 10.1 Å². The third-order valence-electron chi connectivity index (χ3n) is 3.75. The Morgan fingerprint density at radius 1 is 1.16 bits per heavy atom. The van der Waals surface area contributed by atoms with Crippen molar-refractivity contribution in [2.45, 2.75) is 19.1 Å². The molecule has 134 valence electrons. The summed E-state index contributed by atoms with van der Waals surface area (Å²) in [4.78, 5) is 10.6. The topological polar surface area (TPSA) is 93.9 Å². The van der Waals surface area contributed by atoms with Crippen molar-refractivity contribution < 1.29 is 19.5 Å². The highest BCUT2D eigenvalue weighted by Crippen LogP contribution is 2.36. The van der Waals surface area contributed by atoms with Crippen LogP contribution < -0.4 is 14.8 Å². The Morgan fingerprint density at radius 2 is 1.84 bits per heavy atom. The average molecular weight is 346 g/mol. The molecule has 0 aliphatic rings. The first-order valence-corrected chi connectivity index (χ1v) is 7.93. The number of aliphatic hydroxyl groups is 1. The minimum absolute atomic E-state index is 0.0669. The van der Waals surface area contributed by atoms with Crippen LogP contribution in [0.1, 0.15) is 18.5 Å². The molecule has 0 bridgehead atoms. The molecule has 0 amide bonds. The molecule has 0 heterocycles. The minimum Gasteiger partial charge on any atom is -0.490 e. The van der Waals surface area contributed by atoms with Crippen molar-refractivity contribution in [2.24, 2.45) is 0 Å². The van der Waals surface area contributed by atoms with Gasteiger partial charge in [-0.25, -0.2) is 0 Å². The van der Waals surface area contributed by atoms with Crippen LogP contribution in [-0.2, 0) is 0 Å². The Hall–Kier alpha value is -2.64. The van der Waals surface area contributed by atoms with Crippen LogP contribution in [0.3, 0.4) is 0 Å². The molecule has 7 nitrogen and oxygen atoms in total. The van der Waals surface area contributed by atoms with Gasteiger partial charge in [0.1, 0.15) is 12.7 Å². The molecule has 0 aromatic heterocycles. The maximum Gasteiger partial charge on any atom is 0.352 e. The molecule has 2 N–H and O–H groups in total. The smallest absolute Gasteiger partial charge is 0.352 e. The number of aliphatic hydroxyl groups excluding tert-OH is 1. The van der Waals surface area contributed by atoms with Crippen molar-refractivity contribution in [2.75, 3.05) is 20.3 Å². The summed E-state index contributed by atoms with van der Waals surface area (Å²) in [5.74, 6) is 0.187. The predicted molar refractivity (Wildman–Crippen MR) is 94.0 cm³/mol. The van der Waals surface area contributed by atoms with Gasteiger partial charge in [0.15, 0.2) is 0 Å². The van der Waals surface area contributed by atoms with Crippen molar-refractivity contribution in [3.05, 3.63) is 64.2 Å². The van der Waals surface area contributed by atoms with E-state index in [-0.39, 0.29) is 29.8 Å². The summed E-state index contributed by atoms with van der Waals surface area (Å²) in [6, 6.07) is 14.5. The zero-order chi connectivity index (χ0) is 18.2. The van der Waals surface area contributed by atoms with Gasteiger partial charge in [0.05, 0.1) is 12.0 Å². The van der Waals surface area contributed by atoms with E-state index in [4.69, 9.17) is 9.47 Å². The fourth-order valence-corrected chi connectivity index (χ4v) is 2.38. The third kappa shape index (κ3) is 5.17. The first-order valence-electron chi connectivity index (χ1n) is 7.93. The summed E-state index contributed by atoms with van der Waals surface area (Å²) in [6.07, 6.45) is -0.808. The highest BCUT2D eigenvalue weighted by atomic mass is 16.6. The summed E-state index contributed by atoms with van der Waals surface area (Å²) in [6.45, 7) is 2.23. The van der Waals surface area contributed by atoms with Crippen molar-refractivity contribution in [3.63, 3.8) is 0 Å². The molecular weight excluding hydrogens is 324 g/mol. The zero-order valence-electron chi connectivity index (χ0n) is 14.2. The predicted octanol–water partition coefficient (Wildman–Crippen LogP) is 2.69. The number of hydrogen-bond donors (Lipinski definition) is 2. The van der Waals surface area contributed by atoms with Crippen LogP contribution in [0.25, 0.3) is 0 Å². The van der Waals surface area contributed by atoms with Crippen LogP contribution in [0.2, 0.25) is 0 Å². The molecule has 0 saturated carbocycles. The number of nitro groups is 1. The lowest BCUT2D eigenvalue weighted by Crippen LogP contribution is -2.33. The SMILES string of the molecule is COc1cccc(OCC(O)CN[C@H](C)c2ccccc2)c1[N+](=O)[O-]. The van der Waals surface area contributed by atoms with Gasteiger partial charge in [-0.3, -0.25) is 10.1 Å². The van der Waals surface area contributed by atoms with E-state index in [2.05, 4.69) is 5.32 Å². The van der Waals surface area contributed by atoms with E-state index >= 15 is 0 Å². The fourth-order valence-electron chi connectivity index (χ4n) is 2.38. The fraction of sp³-hybridized carbons (Fsp3) is 0.333. The molecule has 0 aliphatic carbocycles. The third-order valence-corrected chi connectivity index (χ3v) is 3.75. The van der Waals surface area contributed by atoms with Crippen LogP contribution in [0.15, 0.2) is 48.5 Å². The molecule has 2 rings (SSSR count). The van der Waals surface area contributed by atoms with Crippen molar-refractivity contribution >= 4 is 5.69 Å². The summed E-state index contributed by atoms with van der Waals surface area (Å²) in [7, 11) is 1.36. The van der Waals surface area contributed by atoms with Gasteiger partial charge in [-0.15, -0.1) is 0 Å². The van der Waals surface area contributed by atoms with Crippen LogP contribution in [-0.4, -0.2) is 36.4 Å². The Kier molecular flexibility index (Phi) is 6.73. The number of nitrogens with one attached hydrogen (secondary N) is 1. The van der Waals surface area contributed by atoms with E-state index < -0.39 is 11.0 Å². The lowest BCUT2D eigenvalue weighted by Gasteiger charge is -2.18. The molecular formula is C18H22N2O5. The second-order valence-corrected chi connectivity index (χ2v) is 5.57. The molecule has 1 unspecified atom stereocenters. The Balaban J connectivity index is 1.90. The number of benzene rings is 2. The first kappa shape index (κ1) is 18.7. The number of nitro benzene ring substituents is 1. The Labute approximate surface area is 146 Å². The molecule has 0 fully saturated rings. The van der Waals surface area contributed by atoms with E-state index in [9.17, 15) is 15.2 Å². The molecule has 25 heavy (non-hydrogen) atoms. The van der Waals surface area contributed by atoms with Gasteiger partial charge in [0.25, 0.3) is 0 Å². The number of ether oxygens (including phenoxy) is 2. The lowest BCUT2D eigenvalue weighted by atomic mass is 10.1. The van der Waals surface area contributed by atoms with Gasteiger partial charge in [-0.1, -0.05) is 36.4 Å². The minimum atomic E-state index is -0.808. The molecule has 0 radical (unpaired) electrons. The van der Waals surface area contributed by atoms with Gasteiger partial charge in [0.2, 0.25) is 11.5 Å². The van der Waals surface area contributed by atoms with Crippen LogP contribution in [0.5, 0.6) is 11.5 Å². The summed E-state index contributed by atoms with van der Waals surface area (Å²) < 4.78 is 10.4. The Morgan fingerprint density at radius 3 is 2.48 bits per heavy atom. The second kappa shape index (κ2) is 9.00. The van der Waals surface area contributed by atoms with Crippen LogP contribution >= 0.6 is 0 Å².